The number of hydrogen-bond donors (Lipinski definition) is 2. The second-order valence-electron chi connectivity index (χ2n) is 2.81. The molecule has 0 spiro atoms. The van der Waals surface area contributed by atoms with Crippen LogP contribution in [-0.2, 0) is 0 Å². The highest BCUT2D eigenvalue weighted by Gasteiger charge is 2.13. The van der Waals surface area contributed by atoms with Crippen molar-refractivity contribution in [3.05, 3.63) is 23.8 Å². The zero-order valence-electron chi connectivity index (χ0n) is 8.20. The first-order valence-electron chi connectivity index (χ1n) is 4.24. The summed E-state index contributed by atoms with van der Waals surface area (Å²) in [6, 6.07) is 4.84. The standard InChI is InChI=1S/C10H13NO3/c1-11-6-8(12)7-4-3-5-9(14-2)10(7)13/h3-5,11,13H,6H2,1-2H3. The number of benzene rings is 1. The summed E-state index contributed by atoms with van der Waals surface area (Å²) < 4.78 is 4.89. The Balaban J connectivity index is 3.03. The number of carbonyl (C=O) groups excluding carboxylic acids is 1. The van der Waals surface area contributed by atoms with Crippen LogP contribution in [0.5, 0.6) is 11.5 Å². The van der Waals surface area contributed by atoms with Crippen molar-refractivity contribution in [1.82, 2.24) is 5.32 Å². The minimum atomic E-state index is -0.163. The summed E-state index contributed by atoms with van der Waals surface area (Å²) in [5, 5.41) is 12.3. The lowest BCUT2D eigenvalue weighted by atomic mass is 10.1. The number of Topliss-reactive ketones (excluding diaryl/α,β-unsaturated/α-hetero) is 1. The number of para-hydroxylation sites is 1. The van der Waals surface area contributed by atoms with Gasteiger partial charge in [-0.1, -0.05) is 6.07 Å². The molecule has 4 nitrogen and oxygen atoms in total. The molecule has 0 saturated carbocycles. The summed E-state index contributed by atoms with van der Waals surface area (Å²) in [6.07, 6.45) is 0. The Labute approximate surface area is 82.5 Å². The quantitative estimate of drug-likeness (QED) is 0.698. The zero-order valence-corrected chi connectivity index (χ0v) is 8.20. The molecular weight excluding hydrogens is 182 g/mol. The van der Waals surface area contributed by atoms with Crippen LogP contribution in [0.4, 0.5) is 0 Å². The van der Waals surface area contributed by atoms with Crippen molar-refractivity contribution >= 4 is 5.78 Å². The smallest absolute Gasteiger partial charge is 0.180 e. The molecule has 0 aromatic heterocycles. The molecule has 0 saturated heterocycles. The van der Waals surface area contributed by atoms with Crippen LogP contribution in [0.1, 0.15) is 10.4 Å². The summed E-state index contributed by atoms with van der Waals surface area (Å²) in [5.41, 5.74) is 0.277. The molecule has 14 heavy (non-hydrogen) atoms. The number of methoxy groups -OCH3 is 1. The van der Waals surface area contributed by atoms with E-state index in [1.54, 1.807) is 25.2 Å². The van der Waals surface area contributed by atoms with E-state index in [1.165, 1.54) is 7.11 Å². The molecule has 0 unspecified atom stereocenters. The van der Waals surface area contributed by atoms with Crippen LogP contribution in [0.2, 0.25) is 0 Å². The summed E-state index contributed by atoms with van der Waals surface area (Å²) in [5.74, 6) is 0.0473. The number of ketones is 1. The van der Waals surface area contributed by atoms with Crippen LogP contribution in [0.3, 0.4) is 0 Å². The maximum atomic E-state index is 11.5. The molecule has 0 bridgehead atoms. The normalized spacial score (nSPS) is 9.86. The fourth-order valence-corrected chi connectivity index (χ4v) is 1.17. The average molecular weight is 195 g/mol. The fraction of sp³-hybridized carbons (Fsp3) is 0.300. The molecule has 1 aromatic rings. The van der Waals surface area contributed by atoms with Gasteiger partial charge in [0.15, 0.2) is 17.3 Å². The van der Waals surface area contributed by atoms with Crippen molar-refractivity contribution in [2.45, 2.75) is 0 Å². The number of phenolic OH excluding ortho intramolecular Hbond substituents is 1. The SMILES string of the molecule is CNCC(=O)c1cccc(OC)c1O. The summed E-state index contributed by atoms with van der Waals surface area (Å²) >= 11 is 0. The number of hydrogen-bond acceptors (Lipinski definition) is 4. The van der Waals surface area contributed by atoms with E-state index in [0.29, 0.717) is 5.75 Å². The van der Waals surface area contributed by atoms with Gasteiger partial charge in [0.2, 0.25) is 0 Å². The second kappa shape index (κ2) is 4.62. The van der Waals surface area contributed by atoms with Crippen LogP contribution in [0, 0.1) is 0 Å². The molecule has 0 aliphatic carbocycles. The van der Waals surface area contributed by atoms with Gasteiger partial charge in [-0.2, -0.15) is 0 Å². The molecule has 2 N–H and O–H groups in total. The van der Waals surface area contributed by atoms with Gasteiger partial charge in [-0.25, -0.2) is 0 Å². The van der Waals surface area contributed by atoms with Gasteiger partial charge in [-0.05, 0) is 19.2 Å². The van der Waals surface area contributed by atoms with Gasteiger partial charge < -0.3 is 15.2 Å². The van der Waals surface area contributed by atoms with Gasteiger partial charge in [0, 0.05) is 0 Å². The number of ether oxygens (including phenoxy) is 1. The lowest BCUT2D eigenvalue weighted by Gasteiger charge is -2.07. The van der Waals surface area contributed by atoms with Crippen molar-refractivity contribution in [3.63, 3.8) is 0 Å². The van der Waals surface area contributed by atoms with Crippen molar-refractivity contribution in [1.29, 1.82) is 0 Å². The van der Waals surface area contributed by atoms with E-state index in [1.807, 2.05) is 0 Å². The van der Waals surface area contributed by atoms with E-state index in [0.717, 1.165) is 0 Å². The largest absolute Gasteiger partial charge is 0.504 e. The van der Waals surface area contributed by atoms with Gasteiger partial charge >= 0.3 is 0 Å². The predicted molar refractivity (Wildman–Crippen MR) is 52.9 cm³/mol. The molecule has 0 aliphatic heterocycles. The molecule has 0 radical (unpaired) electrons. The Morgan fingerprint density at radius 2 is 2.29 bits per heavy atom. The molecule has 76 valence electrons. The van der Waals surface area contributed by atoms with Gasteiger partial charge in [0.05, 0.1) is 19.2 Å². The Morgan fingerprint density at radius 1 is 1.57 bits per heavy atom. The number of aromatic hydroxyl groups is 1. The van der Waals surface area contributed by atoms with Crippen molar-refractivity contribution in [2.75, 3.05) is 20.7 Å². The van der Waals surface area contributed by atoms with Gasteiger partial charge in [0.1, 0.15) is 0 Å². The highest BCUT2D eigenvalue weighted by Crippen LogP contribution is 2.29. The first-order chi connectivity index (χ1) is 6.70. The van der Waals surface area contributed by atoms with E-state index in [4.69, 9.17) is 4.74 Å². The van der Waals surface area contributed by atoms with Crippen LogP contribution >= 0.6 is 0 Å². The van der Waals surface area contributed by atoms with Crippen LogP contribution < -0.4 is 10.1 Å². The first kappa shape index (κ1) is 10.5. The first-order valence-corrected chi connectivity index (χ1v) is 4.24. The maximum absolute atomic E-state index is 11.5. The average Bonchev–Trinajstić information content (AvgIpc) is 2.18. The number of likely N-dealkylation sites (N-methyl/N-ethyl adjacent to an activating group) is 1. The lowest BCUT2D eigenvalue weighted by molar-refractivity contribution is 0.0990. The van der Waals surface area contributed by atoms with E-state index in [2.05, 4.69) is 5.32 Å². The molecule has 1 rings (SSSR count). The highest BCUT2D eigenvalue weighted by molar-refractivity contribution is 6.00. The zero-order chi connectivity index (χ0) is 10.6. The number of phenols is 1. The minimum absolute atomic E-state index is 0.102. The third-order valence-electron chi connectivity index (χ3n) is 1.86. The number of nitrogens with one attached hydrogen (secondary N) is 1. The van der Waals surface area contributed by atoms with Gasteiger partial charge in [0.25, 0.3) is 0 Å². The van der Waals surface area contributed by atoms with E-state index in [9.17, 15) is 9.90 Å². The van der Waals surface area contributed by atoms with E-state index < -0.39 is 0 Å². The molecule has 0 heterocycles. The minimum Gasteiger partial charge on any atom is -0.504 e. The summed E-state index contributed by atoms with van der Waals surface area (Å²) in [6.45, 7) is 0.195. The summed E-state index contributed by atoms with van der Waals surface area (Å²) in [4.78, 5) is 11.5. The molecular formula is C10H13NO3. The topological polar surface area (TPSA) is 58.6 Å². The van der Waals surface area contributed by atoms with Crippen LogP contribution in [0.15, 0.2) is 18.2 Å². The second-order valence-corrected chi connectivity index (χ2v) is 2.81. The van der Waals surface area contributed by atoms with E-state index in [-0.39, 0.29) is 23.6 Å². The molecule has 1 aromatic carbocycles. The monoisotopic (exact) mass is 195 g/mol. The molecule has 0 atom stereocenters. The lowest BCUT2D eigenvalue weighted by Crippen LogP contribution is -2.18. The van der Waals surface area contributed by atoms with Gasteiger partial charge in [-0.3, -0.25) is 4.79 Å². The number of carbonyl (C=O) groups is 1. The van der Waals surface area contributed by atoms with Crippen LogP contribution in [0.25, 0.3) is 0 Å². The fourth-order valence-electron chi connectivity index (χ4n) is 1.17. The molecule has 0 aliphatic rings. The van der Waals surface area contributed by atoms with E-state index >= 15 is 0 Å². The predicted octanol–water partition coefficient (Wildman–Crippen LogP) is 0.803. The van der Waals surface area contributed by atoms with Gasteiger partial charge in [-0.15, -0.1) is 0 Å². The Morgan fingerprint density at radius 3 is 2.86 bits per heavy atom. The Kier molecular flexibility index (Phi) is 3.48. The molecule has 4 heteroatoms. The number of rotatable bonds is 4. The Bertz CT molecular complexity index is 336. The third kappa shape index (κ3) is 2.03. The van der Waals surface area contributed by atoms with Crippen LogP contribution in [-0.4, -0.2) is 31.6 Å². The highest BCUT2D eigenvalue weighted by atomic mass is 16.5. The summed E-state index contributed by atoms with van der Waals surface area (Å²) in [7, 11) is 3.12. The molecule has 0 fully saturated rings. The molecule has 0 amide bonds. The Hall–Kier alpha value is -1.55. The maximum Gasteiger partial charge on any atom is 0.180 e. The third-order valence-corrected chi connectivity index (χ3v) is 1.86. The van der Waals surface area contributed by atoms with Crippen molar-refractivity contribution in [2.24, 2.45) is 0 Å². The van der Waals surface area contributed by atoms with Crippen molar-refractivity contribution in [3.8, 4) is 11.5 Å². The van der Waals surface area contributed by atoms with Crippen molar-refractivity contribution < 1.29 is 14.6 Å².